The van der Waals surface area contributed by atoms with Gasteiger partial charge in [0.15, 0.2) is 0 Å². The topological polar surface area (TPSA) is 95.9 Å². The third-order valence-corrected chi connectivity index (χ3v) is 9.44. The zero-order valence-electron chi connectivity index (χ0n) is 20.7. The Labute approximate surface area is 196 Å². The molecule has 2 amide bonds. The molecular formula is C24H40N2O5S. The Morgan fingerprint density at radius 3 is 2.41 bits per heavy atom. The fraction of sp³-hybridized carbons (Fsp3) is 0.875. The van der Waals surface area contributed by atoms with E-state index in [4.69, 9.17) is 4.74 Å². The normalized spacial score (nSPS) is 35.9. The van der Waals surface area contributed by atoms with Gasteiger partial charge in [0.1, 0.15) is 23.1 Å². The number of rotatable bonds is 7. The van der Waals surface area contributed by atoms with Gasteiger partial charge in [-0.1, -0.05) is 41.0 Å². The SMILES string of the molecule is CC(C)[C@H]1CC[C@@H](C)C[C@H]1O[C@](C)(C(=O)N[C@@H]1C(=O)N2[C@@H]1SC(C)(C)[C@H]2C(=O)O)C(C)C. The predicted octanol–water partition coefficient (Wildman–Crippen LogP) is 3.51. The summed E-state index contributed by atoms with van der Waals surface area (Å²) in [5, 5.41) is 12.2. The van der Waals surface area contributed by atoms with Crippen molar-refractivity contribution in [1.29, 1.82) is 0 Å². The van der Waals surface area contributed by atoms with Crippen LogP contribution in [-0.2, 0) is 19.1 Å². The van der Waals surface area contributed by atoms with E-state index in [0.29, 0.717) is 17.8 Å². The highest BCUT2D eigenvalue weighted by atomic mass is 32.2. The number of nitrogens with zero attached hydrogens (tertiary/aromatic N) is 1. The summed E-state index contributed by atoms with van der Waals surface area (Å²) in [7, 11) is 0. The first-order valence-corrected chi connectivity index (χ1v) is 12.8. The number of hydrogen-bond donors (Lipinski definition) is 2. The van der Waals surface area contributed by atoms with Crippen LogP contribution in [0.3, 0.4) is 0 Å². The smallest absolute Gasteiger partial charge is 0.327 e. The summed E-state index contributed by atoms with van der Waals surface area (Å²) in [6.45, 7) is 16.1. The average molecular weight is 469 g/mol. The Morgan fingerprint density at radius 1 is 1.25 bits per heavy atom. The van der Waals surface area contributed by atoms with E-state index in [9.17, 15) is 19.5 Å². The maximum Gasteiger partial charge on any atom is 0.327 e. The first kappa shape index (κ1) is 25.3. The predicted molar refractivity (Wildman–Crippen MR) is 125 cm³/mol. The van der Waals surface area contributed by atoms with Crippen LogP contribution in [0.2, 0.25) is 0 Å². The molecule has 7 atom stereocenters. The molecule has 0 bridgehead atoms. The van der Waals surface area contributed by atoms with Gasteiger partial charge in [0.25, 0.3) is 5.91 Å². The number of ether oxygens (including phenoxy) is 1. The molecule has 0 aromatic rings. The van der Waals surface area contributed by atoms with Gasteiger partial charge in [-0.05, 0) is 57.3 Å². The van der Waals surface area contributed by atoms with Crippen molar-refractivity contribution in [2.75, 3.05) is 0 Å². The summed E-state index contributed by atoms with van der Waals surface area (Å²) < 4.78 is 6.01. The highest BCUT2D eigenvalue weighted by Crippen LogP contribution is 2.51. The molecule has 2 N–H and O–H groups in total. The fourth-order valence-corrected chi connectivity index (χ4v) is 7.07. The quantitative estimate of drug-likeness (QED) is 0.555. The van der Waals surface area contributed by atoms with Gasteiger partial charge in [-0.25, -0.2) is 4.79 Å². The third kappa shape index (κ3) is 4.29. The molecule has 2 aliphatic heterocycles. The molecule has 0 unspecified atom stereocenters. The highest BCUT2D eigenvalue weighted by molar-refractivity contribution is 8.01. The molecular weight excluding hydrogens is 428 g/mol. The number of carboxylic acid groups (broad SMARTS) is 1. The second-order valence-electron chi connectivity index (χ2n) is 11.3. The molecule has 1 aliphatic carbocycles. The van der Waals surface area contributed by atoms with E-state index in [1.54, 1.807) is 0 Å². The summed E-state index contributed by atoms with van der Waals surface area (Å²) in [6.07, 6.45) is 3.21. The standard InChI is InChI=1S/C24H40N2O5S/c1-12(2)15-10-9-14(5)11-16(15)31-24(8,13(3)4)22(30)25-17-19(27)26-18(21(28)29)23(6,7)32-20(17)26/h12-18,20H,9-11H2,1-8H3,(H,25,30)(H,28,29)/t14-,15-,16-,17-,18-,20-,24+/m1/s1. The van der Waals surface area contributed by atoms with Crippen molar-refractivity contribution in [1.82, 2.24) is 10.2 Å². The van der Waals surface area contributed by atoms with Crippen LogP contribution in [0.1, 0.15) is 74.7 Å². The number of thioether (sulfide) groups is 1. The van der Waals surface area contributed by atoms with Crippen LogP contribution in [0, 0.1) is 23.7 Å². The van der Waals surface area contributed by atoms with E-state index in [2.05, 4.69) is 26.1 Å². The van der Waals surface area contributed by atoms with Gasteiger partial charge >= 0.3 is 5.97 Å². The molecule has 2 heterocycles. The summed E-state index contributed by atoms with van der Waals surface area (Å²) in [6, 6.07) is -1.61. The van der Waals surface area contributed by atoms with E-state index in [1.807, 2.05) is 34.6 Å². The number of carbonyl (C=O) groups is 3. The summed E-state index contributed by atoms with van der Waals surface area (Å²) in [5.41, 5.74) is -1.07. The molecule has 3 rings (SSSR count). The highest BCUT2D eigenvalue weighted by Gasteiger charge is 2.64. The van der Waals surface area contributed by atoms with Crippen molar-refractivity contribution in [3.05, 3.63) is 0 Å². The van der Waals surface area contributed by atoms with Gasteiger partial charge in [0, 0.05) is 4.75 Å². The van der Waals surface area contributed by atoms with Crippen LogP contribution in [-0.4, -0.2) is 61.7 Å². The van der Waals surface area contributed by atoms with E-state index in [-0.39, 0.29) is 29.2 Å². The number of β-lactam (4-membered cyclic amide) rings is 1. The lowest BCUT2D eigenvalue weighted by molar-refractivity contribution is -0.179. The van der Waals surface area contributed by atoms with Gasteiger partial charge in [0.05, 0.1) is 6.10 Å². The number of carboxylic acids is 1. The lowest BCUT2D eigenvalue weighted by Gasteiger charge is -2.47. The van der Waals surface area contributed by atoms with Crippen molar-refractivity contribution in [3.63, 3.8) is 0 Å². The fourth-order valence-electron chi connectivity index (χ4n) is 5.45. The molecule has 1 saturated carbocycles. The minimum atomic E-state index is -1.07. The van der Waals surface area contributed by atoms with Gasteiger partial charge in [0.2, 0.25) is 5.91 Å². The first-order chi connectivity index (χ1) is 14.7. The Kier molecular flexibility index (Phi) is 6.99. The van der Waals surface area contributed by atoms with Crippen LogP contribution in [0.25, 0.3) is 0 Å². The van der Waals surface area contributed by atoms with E-state index in [1.165, 1.54) is 23.1 Å². The number of aliphatic carboxylic acids is 1. The molecule has 182 valence electrons. The summed E-state index contributed by atoms with van der Waals surface area (Å²) in [5.74, 6) is -0.280. The Hall–Kier alpha value is -1.28. The van der Waals surface area contributed by atoms with Crippen LogP contribution < -0.4 is 5.32 Å². The number of nitrogens with one attached hydrogen (secondary N) is 1. The molecule has 2 saturated heterocycles. The van der Waals surface area contributed by atoms with Crippen molar-refractivity contribution < 1.29 is 24.2 Å². The molecule has 0 aromatic heterocycles. The van der Waals surface area contributed by atoms with Crippen molar-refractivity contribution >= 4 is 29.5 Å². The van der Waals surface area contributed by atoms with E-state index >= 15 is 0 Å². The van der Waals surface area contributed by atoms with Gasteiger partial charge in [-0.2, -0.15) is 0 Å². The van der Waals surface area contributed by atoms with Gasteiger partial charge in [-0.15, -0.1) is 11.8 Å². The van der Waals surface area contributed by atoms with Crippen LogP contribution >= 0.6 is 11.8 Å². The Morgan fingerprint density at radius 2 is 1.88 bits per heavy atom. The first-order valence-electron chi connectivity index (χ1n) is 11.9. The molecule has 7 nitrogen and oxygen atoms in total. The van der Waals surface area contributed by atoms with Gasteiger partial charge < -0.3 is 20.1 Å². The Bertz CT molecular complexity index is 769. The second kappa shape index (κ2) is 8.82. The average Bonchev–Trinajstić information content (AvgIpc) is 2.93. The second-order valence-corrected chi connectivity index (χ2v) is 13.1. The number of carbonyl (C=O) groups excluding carboxylic acids is 2. The largest absolute Gasteiger partial charge is 0.480 e. The molecule has 32 heavy (non-hydrogen) atoms. The number of hydrogen-bond acceptors (Lipinski definition) is 5. The number of fused-ring (bicyclic) bond motifs is 1. The lowest BCUT2D eigenvalue weighted by Crippen LogP contribution is -2.72. The Balaban J connectivity index is 1.76. The molecule has 8 heteroatoms. The van der Waals surface area contributed by atoms with Crippen molar-refractivity contribution in [2.45, 2.75) is 109 Å². The lowest BCUT2D eigenvalue weighted by atomic mass is 9.75. The minimum Gasteiger partial charge on any atom is -0.480 e. The van der Waals surface area contributed by atoms with Crippen molar-refractivity contribution in [2.24, 2.45) is 23.7 Å². The molecule has 3 aliphatic rings. The molecule has 0 aromatic carbocycles. The van der Waals surface area contributed by atoms with Gasteiger partial charge in [-0.3, -0.25) is 9.59 Å². The van der Waals surface area contributed by atoms with Crippen LogP contribution in [0.5, 0.6) is 0 Å². The molecule has 0 spiro atoms. The maximum absolute atomic E-state index is 13.5. The van der Waals surface area contributed by atoms with Crippen LogP contribution in [0.15, 0.2) is 0 Å². The van der Waals surface area contributed by atoms with E-state index in [0.717, 1.165) is 12.8 Å². The summed E-state index contributed by atoms with van der Waals surface area (Å²) >= 11 is 1.44. The molecule has 3 fully saturated rings. The maximum atomic E-state index is 13.5. The minimum absolute atomic E-state index is 0.00155. The van der Waals surface area contributed by atoms with Crippen molar-refractivity contribution in [3.8, 4) is 0 Å². The van der Waals surface area contributed by atoms with Crippen LogP contribution in [0.4, 0.5) is 0 Å². The summed E-state index contributed by atoms with van der Waals surface area (Å²) in [4.78, 5) is 39.5. The zero-order chi connectivity index (χ0) is 24.2. The zero-order valence-corrected chi connectivity index (χ0v) is 21.5. The molecule has 0 radical (unpaired) electrons. The number of amides is 2. The monoisotopic (exact) mass is 468 g/mol. The third-order valence-electron chi connectivity index (χ3n) is 7.87. The van der Waals surface area contributed by atoms with E-state index < -0.39 is 28.4 Å².